The summed E-state index contributed by atoms with van der Waals surface area (Å²) in [5, 5.41) is 3.35. The van der Waals surface area contributed by atoms with Gasteiger partial charge in [-0.1, -0.05) is 12.1 Å². The maximum absolute atomic E-state index is 13.8. The van der Waals surface area contributed by atoms with Gasteiger partial charge in [0, 0.05) is 30.9 Å². The highest BCUT2D eigenvalue weighted by Crippen LogP contribution is 2.45. The van der Waals surface area contributed by atoms with Crippen molar-refractivity contribution in [2.45, 2.75) is 32.2 Å². The van der Waals surface area contributed by atoms with Crippen LogP contribution in [-0.4, -0.2) is 50.3 Å². The number of nitrogens with one attached hydrogen (secondary N) is 1. The minimum absolute atomic E-state index is 0.145. The predicted octanol–water partition coefficient (Wildman–Crippen LogP) is 4.15. The fraction of sp³-hybridized carbons (Fsp3) is 0.345. The van der Waals surface area contributed by atoms with Crippen LogP contribution < -0.4 is 10.7 Å². The molecule has 192 valence electrons. The van der Waals surface area contributed by atoms with Gasteiger partial charge in [-0.15, -0.1) is 11.3 Å². The molecular weight excluding hydrogens is 496 g/mol. The van der Waals surface area contributed by atoms with Crippen molar-refractivity contribution in [3.63, 3.8) is 0 Å². The summed E-state index contributed by atoms with van der Waals surface area (Å²) in [5.74, 6) is 1.42. The van der Waals surface area contributed by atoms with Crippen LogP contribution in [0.1, 0.15) is 46.2 Å². The number of carbonyl (C=O) groups is 1. The highest BCUT2D eigenvalue weighted by atomic mass is 32.1. The molecule has 1 aromatic carbocycles. The van der Waals surface area contributed by atoms with Crippen molar-refractivity contribution in [1.29, 1.82) is 0 Å². The van der Waals surface area contributed by atoms with E-state index in [-0.39, 0.29) is 17.5 Å². The SMILES string of the molecule is Cc1cnc(CNC(=O)c2c(=O)c3ccc(C4C[C@@H]5CN(C)C[C@@H]5C4)nc3n3c2sc2ccccc23)cn1. The highest BCUT2D eigenvalue weighted by molar-refractivity contribution is 7.24. The molecule has 0 bridgehead atoms. The summed E-state index contributed by atoms with van der Waals surface area (Å²) in [4.78, 5) is 44.0. The third-order valence-corrected chi connectivity index (χ3v) is 9.30. The number of rotatable bonds is 4. The molecule has 3 atom stereocenters. The van der Waals surface area contributed by atoms with Crippen LogP contribution in [-0.2, 0) is 6.54 Å². The summed E-state index contributed by atoms with van der Waals surface area (Å²) in [6.45, 7) is 4.36. The highest BCUT2D eigenvalue weighted by Gasteiger charge is 2.40. The number of pyridine rings is 2. The standard InChI is InChI=1S/C29H28N6O2S/c1-16-11-31-20(12-30-16)13-32-28(37)25-26(36)21-7-8-22(17-9-18-14-34(2)15-19(18)10-17)33-27(21)35-23-5-3-4-6-24(23)38-29(25)35/h3-8,11-12,17-19H,9-10,13-15H2,1-2H3,(H,32,37)/t17?,18-,19+. The fourth-order valence-electron chi connectivity index (χ4n) is 6.38. The number of aryl methyl sites for hydroxylation is 1. The zero-order valence-corrected chi connectivity index (χ0v) is 22.2. The minimum atomic E-state index is -0.417. The zero-order valence-electron chi connectivity index (χ0n) is 21.3. The van der Waals surface area contributed by atoms with Gasteiger partial charge in [0.2, 0.25) is 5.43 Å². The van der Waals surface area contributed by atoms with Gasteiger partial charge in [-0.25, -0.2) is 4.98 Å². The monoisotopic (exact) mass is 524 g/mol. The summed E-state index contributed by atoms with van der Waals surface area (Å²) < 4.78 is 3.01. The molecule has 9 heteroatoms. The first-order chi connectivity index (χ1) is 18.5. The molecule has 1 unspecified atom stereocenters. The molecule has 8 nitrogen and oxygen atoms in total. The van der Waals surface area contributed by atoms with E-state index >= 15 is 0 Å². The number of thiazole rings is 1. The topological polar surface area (TPSA) is 92.5 Å². The van der Waals surface area contributed by atoms with Gasteiger partial charge in [0.1, 0.15) is 16.0 Å². The van der Waals surface area contributed by atoms with Crippen molar-refractivity contribution < 1.29 is 4.79 Å². The molecule has 38 heavy (non-hydrogen) atoms. The molecule has 2 aliphatic rings. The van der Waals surface area contributed by atoms with Gasteiger partial charge in [0.15, 0.2) is 0 Å². The lowest BCUT2D eigenvalue weighted by molar-refractivity contribution is 0.0951. The summed E-state index contributed by atoms with van der Waals surface area (Å²) in [5.41, 5.74) is 3.93. The van der Waals surface area contributed by atoms with Gasteiger partial charge in [-0.2, -0.15) is 0 Å². The normalized spacial score (nSPS) is 21.5. The summed E-state index contributed by atoms with van der Waals surface area (Å²) in [7, 11) is 2.20. The second-order valence-electron chi connectivity index (χ2n) is 10.8. The van der Waals surface area contributed by atoms with Crippen molar-refractivity contribution >= 4 is 43.3 Å². The average molecular weight is 525 g/mol. The van der Waals surface area contributed by atoms with Gasteiger partial charge < -0.3 is 10.2 Å². The maximum atomic E-state index is 13.8. The third-order valence-electron chi connectivity index (χ3n) is 8.15. The molecule has 4 aromatic heterocycles. The van der Waals surface area contributed by atoms with E-state index in [0.717, 1.165) is 59.4 Å². The Morgan fingerprint density at radius 3 is 2.63 bits per heavy atom. The van der Waals surface area contributed by atoms with E-state index in [4.69, 9.17) is 4.98 Å². The molecule has 0 spiro atoms. The van der Waals surface area contributed by atoms with Crippen molar-refractivity contribution in [3.05, 3.63) is 81.7 Å². The molecule has 5 heterocycles. The third kappa shape index (κ3) is 3.80. The van der Waals surface area contributed by atoms with Crippen LogP contribution in [0, 0.1) is 18.8 Å². The largest absolute Gasteiger partial charge is 0.346 e. The molecular formula is C29H28N6O2S. The number of fused-ring (bicyclic) bond motifs is 6. The number of amides is 1. The molecule has 1 aliphatic carbocycles. The number of nitrogens with zero attached hydrogens (tertiary/aromatic N) is 5. The molecule has 1 saturated carbocycles. The number of aromatic nitrogens is 4. The van der Waals surface area contributed by atoms with E-state index in [1.807, 2.05) is 47.7 Å². The maximum Gasteiger partial charge on any atom is 0.258 e. The van der Waals surface area contributed by atoms with Crippen molar-refractivity contribution in [3.8, 4) is 0 Å². The van der Waals surface area contributed by atoms with Crippen LogP contribution in [0.15, 0.2) is 53.6 Å². The van der Waals surface area contributed by atoms with Crippen molar-refractivity contribution in [2.75, 3.05) is 20.1 Å². The van der Waals surface area contributed by atoms with Crippen molar-refractivity contribution in [1.82, 2.24) is 29.6 Å². The molecule has 7 rings (SSSR count). The average Bonchev–Trinajstić information content (AvgIpc) is 3.59. The second-order valence-corrected chi connectivity index (χ2v) is 11.8. The van der Waals surface area contributed by atoms with Crippen LogP contribution in [0.3, 0.4) is 0 Å². The van der Waals surface area contributed by atoms with E-state index in [0.29, 0.717) is 27.5 Å². The Balaban J connectivity index is 1.34. The van der Waals surface area contributed by atoms with Gasteiger partial charge in [-0.05, 0) is 62.9 Å². The number of para-hydroxylation sites is 1. The zero-order chi connectivity index (χ0) is 26.0. The first kappa shape index (κ1) is 23.4. The molecule has 1 amide bonds. The Bertz CT molecular complexity index is 1760. The molecule has 0 radical (unpaired) electrons. The number of hydrogen-bond acceptors (Lipinski definition) is 7. The lowest BCUT2D eigenvalue weighted by Crippen LogP contribution is -2.29. The fourth-order valence-corrected chi connectivity index (χ4v) is 7.56. The summed E-state index contributed by atoms with van der Waals surface area (Å²) in [6, 6.07) is 11.9. The van der Waals surface area contributed by atoms with Crippen molar-refractivity contribution in [2.24, 2.45) is 11.8 Å². The van der Waals surface area contributed by atoms with Gasteiger partial charge in [-0.3, -0.25) is 24.0 Å². The smallest absolute Gasteiger partial charge is 0.258 e. The summed E-state index contributed by atoms with van der Waals surface area (Å²) >= 11 is 1.45. The van der Waals surface area contributed by atoms with Gasteiger partial charge in [0.05, 0.1) is 39.7 Å². The Kier molecular flexibility index (Phi) is 5.52. The van der Waals surface area contributed by atoms with E-state index in [9.17, 15) is 9.59 Å². The first-order valence-corrected chi connectivity index (χ1v) is 13.9. The van der Waals surface area contributed by atoms with Crippen LogP contribution in [0.2, 0.25) is 0 Å². The van der Waals surface area contributed by atoms with Crippen LogP contribution >= 0.6 is 11.3 Å². The molecule has 1 N–H and O–H groups in total. The first-order valence-electron chi connectivity index (χ1n) is 13.1. The Labute approximate surface area is 223 Å². The van der Waals surface area contributed by atoms with Crippen LogP contribution in [0.25, 0.3) is 26.1 Å². The number of carbonyl (C=O) groups excluding carboxylic acids is 1. The molecule has 2 fully saturated rings. The van der Waals surface area contributed by atoms with Gasteiger partial charge in [0.25, 0.3) is 5.91 Å². The van der Waals surface area contributed by atoms with E-state index in [1.165, 1.54) is 11.3 Å². The van der Waals surface area contributed by atoms with Gasteiger partial charge >= 0.3 is 0 Å². The van der Waals surface area contributed by atoms with E-state index < -0.39 is 5.91 Å². The minimum Gasteiger partial charge on any atom is -0.346 e. The lowest BCUT2D eigenvalue weighted by atomic mass is 10.00. The number of likely N-dealkylation sites (tertiary alicyclic amines) is 1. The van der Waals surface area contributed by atoms with E-state index in [1.54, 1.807) is 12.4 Å². The Morgan fingerprint density at radius 2 is 1.87 bits per heavy atom. The molecule has 1 aliphatic heterocycles. The van der Waals surface area contributed by atoms with Crippen LogP contribution in [0.5, 0.6) is 0 Å². The lowest BCUT2D eigenvalue weighted by Gasteiger charge is -2.15. The van der Waals surface area contributed by atoms with Crippen LogP contribution in [0.4, 0.5) is 0 Å². The van der Waals surface area contributed by atoms with E-state index in [2.05, 4.69) is 27.2 Å². The number of hydrogen-bond donors (Lipinski definition) is 1. The summed E-state index contributed by atoms with van der Waals surface area (Å²) in [6.07, 6.45) is 5.57. The predicted molar refractivity (Wildman–Crippen MR) is 149 cm³/mol. The molecule has 5 aromatic rings. The number of benzene rings is 1. The Morgan fingerprint density at radius 1 is 1.08 bits per heavy atom. The molecule has 1 saturated heterocycles. The Hall–Kier alpha value is -3.69. The quantitative estimate of drug-likeness (QED) is 0.380. The second kappa shape index (κ2) is 8.96.